The van der Waals surface area contributed by atoms with Gasteiger partial charge in [0.05, 0.1) is 6.10 Å². The number of carboxylic acid groups (broad SMARTS) is 1. The van der Waals surface area contributed by atoms with Gasteiger partial charge < -0.3 is 10.2 Å². The summed E-state index contributed by atoms with van der Waals surface area (Å²) in [5.41, 5.74) is 3.26. The van der Waals surface area contributed by atoms with Gasteiger partial charge in [-0.25, -0.2) is 0 Å². The van der Waals surface area contributed by atoms with Crippen LogP contribution in [0.4, 0.5) is 0 Å². The molecule has 0 unspecified atom stereocenters. The number of aliphatic hydroxyl groups is 1. The van der Waals surface area contributed by atoms with E-state index in [4.69, 9.17) is 0 Å². The second-order valence-electron chi connectivity index (χ2n) is 6.02. The van der Waals surface area contributed by atoms with Gasteiger partial charge in [0.2, 0.25) is 0 Å². The van der Waals surface area contributed by atoms with Crippen molar-refractivity contribution in [2.75, 3.05) is 6.26 Å². The Morgan fingerprint density at radius 1 is 0.808 bits per heavy atom. The lowest BCUT2D eigenvalue weighted by molar-refractivity contribution is -0.141. The zero-order valence-corrected chi connectivity index (χ0v) is 15.2. The van der Waals surface area contributed by atoms with Crippen molar-refractivity contribution in [1.29, 1.82) is 0 Å². The lowest BCUT2D eigenvalue weighted by Crippen LogP contribution is -2.20. The summed E-state index contributed by atoms with van der Waals surface area (Å²) >= 11 is 1.60. The number of hydrogen-bond donors (Lipinski definition) is 2. The Bertz CT molecular complexity index is 858. The lowest BCUT2D eigenvalue weighted by atomic mass is 9.88. The van der Waals surface area contributed by atoms with Crippen LogP contribution in [-0.4, -0.2) is 22.4 Å². The fourth-order valence-corrected chi connectivity index (χ4v) is 3.38. The number of aliphatic carboxylic acids is 1. The van der Waals surface area contributed by atoms with Crippen LogP contribution in [0.2, 0.25) is 0 Å². The molecule has 0 fully saturated rings. The molecule has 3 nitrogen and oxygen atoms in total. The number of benzene rings is 3. The summed E-state index contributed by atoms with van der Waals surface area (Å²) in [4.78, 5) is 12.9. The Labute approximate surface area is 157 Å². The zero-order valence-electron chi connectivity index (χ0n) is 14.4. The molecule has 2 atom stereocenters. The van der Waals surface area contributed by atoms with E-state index >= 15 is 0 Å². The van der Waals surface area contributed by atoms with Crippen molar-refractivity contribution in [2.45, 2.75) is 16.9 Å². The van der Waals surface area contributed by atoms with Gasteiger partial charge >= 0.3 is 5.97 Å². The third kappa shape index (κ3) is 3.98. The van der Waals surface area contributed by atoms with Gasteiger partial charge in [-0.2, -0.15) is 0 Å². The van der Waals surface area contributed by atoms with Crippen LogP contribution in [-0.2, 0) is 4.79 Å². The van der Waals surface area contributed by atoms with Crippen molar-refractivity contribution in [1.82, 2.24) is 0 Å². The van der Waals surface area contributed by atoms with Crippen LogP contribution in [0.1, 0.15) is 23.1 Å². The quantitative estimate of drug-likeness (QED) is 0.606. The van der Waals surface area contributed by atoms with Crippen LogP contribution < -0.4 is 0 Å². The molecule has 3 aromatic rings. The Balaban J connectivity index is 1.88. The maximum absolute atomic E-state index is 11.8. The summed E-state index contributed by atoms with van der Waals surface area (Å²) in [5.74, 6) is -2.06. The van der Waals surface area contributed by atoms with Crippen LogP contribution in [0.5, 0.6) is 0 Å². The molecule has 0 spiro atoms. The summed E-state index contributed by atoms with van der Waals surface area (Å²) in [6.07, 6.45) is 0.866. The standard InChI is InChI=1S/C22H20O3S/c1-26-19-13-11-18(12-14-19)21(23)20(22(24)25)17-9-7-16(8-10-17)15-5-3-2-4-6-15/h2-14,20-21,23H,1H3,(H,24,25)/t20-,21-/m0/s1. The van der Waals surface area contributed by atoms with Gasteiger partial charge in [0.1, 0.15) is 5.92 Å². The maximum Gasteiger partial charge on any atom is 0.314 e. The predicted octanol–water partition coefficient (Wildman–Crippen LogP) is 4.98. The molecule has 0 bridgehead atoms. The van der Waals surface area contributed by atoms with Crippen molar-refractivity contribution < 1.29 is 15.0 Å². The van der Waals surface area contributed by atoms with E-state index in [1.165, 1.54) is 0 Å². The van der Waals surface area contributed by atoms with Crippen molar-refractivity contribution in [2.24, 2.45) is 0 Å². The molecule has 0 aliphatic carbocycles. The molecule has 0 saturated carbocycles. The Morgan fingerprint density at radius 2 is 1.35 bits per heavy atom. The fraction of sp³-hybridized carbons (Fsp3) is 0.136. The van der Waals surface area contributed by atoms with E-state index in [-0.39, 0.29) is 0 Å². The molecule has 0 radical (unpaired) electrons. The first kappa shape index (κ1) is 18.2. The highest BCUT2D eigenvalue weighted by molar-refractivity contribution is 7.98. The second kappa shape index (κ2) is 8.21. The Hall–Kier alpha value is -2.56. The first-order valence-electron chi connectivity index (χ1n) is 8.30. The predicted molar refractivity (Wildman–Crippen MR) is 105 cm³/mol. The molecule has 0 amide bonds. The number of hydrogen-bond acceptors (Lipinski definition) is 3. The van der Waals surface area contributed by atoms with Gasteiger partial charge in [-0.1, -0.05) is 66.7 Å². The molecule has 3 rings (SSSR count). The van der Waals surface area contributed by atoms with E-state index in [2.05, 4.69) is 0 Å². The Morgan fingerprint density at radius 3 is 1.88 bits per heavy atom. The molecule has 0 heterocycles. The summed E-state index contributed by atoms with van der Waals surface area (Å²) in [5, 5.41) is 20.3. The van der Waals surface area contributed by atoms with Gasteiger partial charge in [0.25, 0.3) is 0 Å². The zero-order chi connectivity index (χ0) is 18.5. The van der Waals surface area contributed by atoms with E-state index in [0.717, 1.165) is 16.0 Å². The third-order valence-electron chi connectivity index (χ3n) is 4.42. The molecule has 4 heteroatoms. The molecule has 0 aliphatic heterocycles. The Kier molecular flexibility index (Phi) is 5.76. The van der Waals surface area contributed by atoms with Crippen molar-refractivity contribution in [3.05, 3.63) is 90.0 Å². The smallest absolute Gasteiger partial charge is 0.314 e. The topological polar surface area (TPSA) is 57.5 Å². The van der Waals surface area contributed by atoms with Gasteiger partial charge in [0.15, 0.2) is 0 Å². The molecule has 132 valence electrons. The van der Waals surface area contributed by atoms with E-state index in [1.54, 1.807) is 36.0 Å². The van der Waals surface area contributed by atoms with E-state index in [9.17, 15) is 15.0 Å². The number of aliphatic hydroxyl groups excluding tert-OH is 1. The average Bonchev–Trinajstić information content (AvgIpc) is 2.69. The number of thioether (sulfide) groups is 1. The minimum Gasteiger partial charge on any atom is -0.481 e. The highest BCUT2D eigenvalue weighted by Crippen LogP contribution is 2.33. The SMILES string of the molecule is CSc1ccc([C@H](O)[C@@H](C(=O)O)c2ccc(-c3ccccc3)cc2)cc1. The lowest BCUT2D eigenvalue weighted by Gasteiger charge is -2.20. The third-order valence-corrected chi connectivity index (χ3v) is 5.16. The second-order valence-corrected chi connectivity index (χ2v) is 6.90. The first-order valence-corrected chi connectivity index (χ1v) is 9.53. The molecule has 0 aliphatic rings. The van der Waals surface area contributed by atoms with Crippen LogP contribution >= 0.6 is 11.8 Å². The van der Waals surface area contributed by atoms with Gasteiger partial charge in [-0.3, -0.25) is 4.79 Å². The van der Waals surface area contributed by atoms with Gasteiger partial charge in [-0.15, -0.1) is 11.8 Å². The summed E-state index contributed by atoms with van der Waals surface area (Å²) in [7, 11) is 0. The maximum atomic E-state index is 11.8. The molecule has 3 aromatic carbocycles. The summed E-state index contributed by atoms with van der Waals surface area (Å²) in [6, 6.07) is 24.6. The van der Waals surface area contributed by atoms with Crippen molar-refractivity contribution in [3.8, 4) is 11.1 Å². The first-order chi connectivity index (χ1) is 12.6. The minimum absolute atomic E-state index is 0.582. The van der Waals surface area contributed by atoms with Crippen LogP contribution in [0.25, 0.3) is 11.1 Å². The van der Waals surface area contributed by atoms with E-state index in [0.29, 0.717) is 11.1 Å². The van der Waals surface area contributed by atoms with E-state index < -0.39 is 18.0 Å². The molecule has 2 N–H and O–H groups in total. The van der Waals surface area contributed by atoms with E-state index in [1.807, 2.05) is 60.9 Å². The molecular weight excluding hydrogens is 344 g/mol. The molecular formula is C22H20O3S. The highest BCUT2D eigenvalue weighted by atomic mass is 32.2. The number of carboxylic acids is 1. The molecule has 0 aromatic heterocycles. The average molecular weight is 364 g/mol. The van der Waals surface area contributed by atoms with Crippen LogP contribution in [0, 0.1) is 0 Å². The van der Waals surface area contributed by atoms with Gasteiger partial charge in [0, 0.05) is 4.90 Å². The monoisotopic (exact) mass is 364 g/mol. The molecule has 26 heavy (non-hydrogen) atoms. The van der Waals surface area contributed by atoms with Crippen molar-refractivity contribution >= 4 is 17.7 Å². The highest BCUT2D eigenvalue weighted by Gasteiger charge is 2.29. The fourth-order valence-electron chi connectivity index (χ4n) is 2.97. The summed E-state index contributed by atoms with van der Waals surface area (Å²) < 4.78 is 0. The van der Waals surface area contributed by atoms with Gasteiger partial charge in [-0.05, 0) is 40.6 Å². The normalized spacial score (nSPS) is 13.2. The minimum atomic E-state index is -1.11. The largest absolute Gasteiger partial charge is 0.481 e. The summed E-state index contributed by atoms with van der Waals surface area (Å²) in [6.45, 7) is 0. The molecule has 0 saturated heterocycles. The number of carbonyl (C=O) groups is 1. The number of rotatable bonds is 6. The van der Waals surface area contributed by atoms with Crippen LogP contribution in [0.3, 0.4) is 0 Å². The van der Waals surface area contributed by atoms with Crippen LogP contribution in [0.15, 0.2) is 83.8 Å². The van der Waals surface area contributed by atoms with Crippen molar-refractivity contribution in [3.63, 3.8) is 0 Å².